The molecule has 0 atom stereocenters. The second-order valence-corrected chi connectivity index (χ2v) is 3.98. The predicted molar refractivity (Wildman–Crippen MR) is 70.4 cm³/mol. The number of aromatic hydroxyl groups is 2. The Morgan fingerprint density at radius 3 is 2.44 bits per heavy atom. The highest BCUT2D eigenvalue weighted by Crippen LogP contribution is 2.13. The summed E-state index contributed by atoms with van der Waals surface area (Å²) in [5, 5.41) is 18.4. The first-order valence-corrected chi connectivity index (χ1v) is 5.43. The zero-order valence-corrected chi connectivity index (χ0v) is 9.87. The summed E-state index contributed by atoms with van der Waals surface area (Å²) in [7, 11) is 1.75. The van der Waals surface area contributed by atoms with E-state index in [1.807, 2.05) is 6.08 Å². The van der Waals surface area contributed by atoms with Gasteiger partial charge in [0.2, 0.25) is 5.43 Å². The maximum Gasteiger partial charge on any atom is 0.223 e. The first kappa shape index (κ1) is 12.0. The Bertz CT molecular complexity index is 639. The van der Waals surface area contributed by atoms with Crippen LogP contribution in [0.1, 0.15) is 11.3 Å². The summed E-state index contributed by atoms with van der Waals surface area (Å²) in [6.07, 6.45) is 4.97. The zero-order chi connectivity index (χ0) is 13.1. The fourth-order valence-corrected chi connectivity index (χ4v) is 1.56. The number of aromatic nitrogens is 1. The van der Waals surface area contributed by atoms with E-state index in [9.17, 15) is 9.90 Å². The van der Waals surface area contributed by atoms with Gasteiger partial charge in [-0.15, -0.1) is 0 Å². The number of phenols is 1. The van der Waals surface area contributed by atoms with Crippen molar-refractivity contribution in [3.63, 3.8) is 0 Å². The third kappa shape index (κ3) is 2.60. The molecule has 0 amide bonds. The van der Waals surface area contributed by atoms with Crippen LogP contribution in [0.4, 0.5) is 0 Å². The summed E-state index contributed by atoms with van der Waals surface area (Å²) in [4.78, 5) is 11.3. The molecule has 2 rings (SSSR count). The first-order valence-electron chi connectivity index (χ1n) is 5.43. The minimum absolute atomic E-state index is 0.212. The van der Waals surface area contributed by atoms with Gasteiger partial charge >= 0.3 is 0 Å². The summed E-state index contributed by atoms with van der Waals surface area (Å²) in [5.41, 5.74) is 1.19. The second-order valence-electron chi connectivity index (χ2n) is 3.98. The van der Waals surface area contributed by atoms with Crippen LogP contribution in [0.5, 0.6) is 11.5 Å². The molecule has 2 aromatic rings. The van der Waals surface area contributed by atoms with E-state index in [4.69, 9.17) is 5.11 Å². The van der Waals surface area contributed by atoms with E-state index in [-0.39, 0.29) is 11.5 Å². The largest absolute Gasteiger partial charge is 0.508 e. The lowest BCUT2D eigenvalue weighted by molar-refractivity contribution is 0.463. The summed E-state index contributed by atoms with van der Waals surface area (Å²) < 4.78 is 1.66. The minimum Gasteiger partial charge on any atom is -0.508 e. The standard InChI is InChI=1S/C14H13NO3/c1-15-9-14(18)13(17)8-11(15)5-2-10-3-6-12(16)7-4-10/h2-9,16,18H,1H3/b5-2+. The number of phenolic OH excluding ortho intramolecular Hbond substituents is 1. The summed E-state index contributed by atoms with van der Waals surface area (Å²) in [6, 6.07) is 8.09. The highest BCUT2D eigenvalue weighted by molar-refractivity contribution is 5.68. The van der Waals surface area contributed by atoms with Crippen LogP contribution in [0.15, 0.2) is 41.3 Å². The highest BCUT2D eigenvalue weighted by atomic mass is 16.3. The van der Waals surface area contributed by atoms with Gasteiger partial charge in [-0.1, -0.05) is 18.2 Å². The molecular weight excluding hydrogens is 230 g/mol. The van der Waals surface area contributed by atoms with Gasteiger partial charge < -0.3 is 14.8 Å². The van der Waals surface area contributed by atoms with Crippen LogP contribution in [0.25, 0.3) is 12.2 Å². The van der Waals surface area contributed by atoms with Gasteiger partial charge in [-0.3, -0.25) is 4.79 Å². The molecule has 18 heavy (non-hydrogen) atoms. The molecule has 4 nitrogen and oxygen atoms in total. The third-order valence-corrected chi connectivity index (χ3v) is 2.59. The molecular formula is C14H13NO3. The second kappa shape index (κ2) is 4.79. The molecule has 0 aliphatic heterocycles. The molecule has 0 aliphatic rings. The number of benzene rings is 1. The number of hydrogen-bond donors (Lipinski definition) is 2. The average molecular weight is 243 g/mol. The van der Waals surface area contributed by atoms with Crippen molar-refractivity contribution >= 4 is 12.2 Å². The van der Waals surface area contributed by atoms with Crippen molar-refractivity contribution in [3.8, 4) is 11.5 Å². The molecule has 1 heterocycles. The maximum absolute atomic E-state index is 11.3. The van der Waals surface area contributed by atoms with E-state index < -0.39 is 5.43 Å². The lowest BCUT2D eigenvalue weighted by Gasteiger charge is -2.04. The van der Waals surface area contributed by atoms with Gasteiger partial charge in [-0.05, 0) is 23.8 Å². The Morgan fingerprint density at radius 2 is 1.78 bits per heavy atom. The van der Waals surface area contributed by atoms with Crippen molar-refractivity contribution < 1.29 is 10.2 Å². The number of nitrogens with zero attached hydrogens (tertiary/aromatic N) is 1. The molecule has 92 valence electrons. The molecule has 0 fully saturated rings. The van der Waals surface area contributed by atoms with Crippen LogP contribution < -0.4 is 5.43 Å². The molecule has 4 heteroatoms. The van der Waals surface area contributed by atoms with Crippen molar-refractivity contribution in [2.75, 3.05) is 0 Å². The van der Waals surface area contributed by atoms with Gasteiger partial charge in [0.1, 0.15) is 5.75 Å². The van der Waals surface area contributed by atoms with Gasteiger partial charge in [-0.2, -0.15) is 0 Å². The molecule has 0 saturated carbocycles. The van der Waals surface area contributed by atoms with Gasteiger partial charge in [0.05, 0.1) is 0 Å². The molecule has 0 unspecified atom stereocenters. The SMILES string of the molecule is Cn1cc(O)c(=O)cc1/C=C/c1ccc(O)cc1. The predicted octanol–water partition coefficient (Wildman–Crippen LogP) is 1.97. The lowest BCUT2D eigenvalue weighted by Crippen LogP contribution is -2.06. The number of aryl methyl sites for hydroxylation is 1. The Hall–Kier alpha value is -2.49. The number of hydrogen-bond acceptors (Lipinski definition) is 3. The summed E-state index contributed by atoms with van der Waals surface area (Å²) >= 11 is 0. The minimum atomic E-state index is -0.404. The molecule has 0 saturated heterocycles. The number of rotatable bonds is 2. The van der Waals surface area contributed by atoms with Crippen molar-refractivity contribution in [2.45, 2.75) is 0 Å². The van der Waals surface area contributed by atoms with Crippen LogP contribution >= 0.6 is 0 Å². The zero-order valence-electron chi connectivity index (χ0n) is 9.87. The van der Waals surface area contributed by atoms with Gasteiger partial charge in [0.25, 0.3) is 0 Å². The number of pyridine rings is 1. The Labute approximate surface area is 104 Å². The normalized spacial score (nSPS) is 10.9. The molecule has 1 aromatic carbocycles. The average Bonchev–Trinajstić information content (AvgIpc) is 2.34. The Morgan fingerprint density at radius 1 is 1.11 bits per heavy atom. The monoisotopic (exact) mass is 243 g/mol. The van der Waals surface area contributed by atoms with Crippen molar-refractivity contribution in [1.29, 1.82) is 0 Å². The molecule has 0 radical (unpaired) electrons. The molecule has 2 N–H and O–H groups in total. The third-order valence-electron chi connectivity index (χ3n) is 2.59. The van der Waals surface area contributed by atoms with Crippen LogP contribution in [0.2, 0.25) is 0 Å². The maximum atomic E-state index is 11.3. The summed E-state index contributed by atoms with van der Waals surface area (Å²) in [5.74, 6) is -0.0523. The quantitative estimate of drug-likeness (QED) is 0.847. The molecule has 0 aliphatic carbocycles. The van der Waals surface area contributed by atoms with E-state index in [1.54, 1.807) is 42.0 Å². The molecule has 0 bridgehead atoms. The van der Waals surface area contributed by atoms with E-state index in [0.717, 1.165) is 5.56 Å². The van der Waals surface area contributed by atoms with E-state index in [1.165, 1.54) is 12.3 Å². The molecule has 1 aromatic heterocycles. The topological polar surface area (TPSA) is 62.5 Å². The van der Waals surface area contributed by atoms with E-state index in [0.29, 0.717) is 5.69 Å². The fourth-order valence-electron chi connectivity index (χ4n) is 1.56. The van der Waals surface area contributed by atoms with Crippen molar-refractivity contribution in [3.05, 3.63) is 58.0 Å². The smallest absolute Gasteiger partial charge is 0.223 e. The van der Waals surface area contributed by atoms with Crippen LogP contribution in [0, 0.1) is 0 Å². The highest BCUT2D eigenvalue weighted by Gasteiger charge is 1.99. The van der Waals surface area contributed by atoms with Crippen LogP contribution in [-0.4, -0.2) is 14.8 Å². The van der Waals surface area contributed by atoms with Gasteiger partial charge in [0.15, 0.2) is 5.75 Å². The first-order chi connectivity index (χ1) is 8.56. The molecule has 0 spiro atoms. The van der Waals surface area contributed by atoms with Crippen LogP contribution in [-0.2, 0) is 7.05 Å². The summed E-state index contributed by atoms with van der Waals surface area (Å²) in [6.45, 7) is 0. The van der Waals surface area contributed by atoms with Gasteiger partial charge in [-0.25, -0.2) is 0 Å². The lowest BCUT2D eigenvalue weighted by atomic mass is 10.2. The van der Waals surface area contributed by atoms with Crippen molar-refractivity contribution in [2.24, 2.45) is 7.05 Å². The van der Waals surface area contributed by atoms with Crippen molar-refractivity contribution in [1.82, 2.24) is 4.57 Å². The van der Waals surface area contributed by atoms with Crippen LogP contribution in [0.3, 0.4) is 0 Å². The van der Waals surface area contributed by atoms with Gasteiger partial charge in [0, 0.05) is 25.0 Å². The Kier molecular flexibility index (Phi) is 3.19. The Balaban J connectivity index is 2.31. The van der Waals surface area contributed by atoms with E-state index in [2.05, 4.69) is 0 Å². The van der Waals surface area contributed by atoms with E-state index >= 15 is 0 Å². The fraction of sp³-hybridized carbons (Fsp3) is 0.0714.